The molecule has 2 amide bonds. The number of hydrogen-bond acceptors (Lipinski definition) is 3. The summed E-state index contributed by atoms with van der Waals surface area (Å²) in [6.07, 6.45) is 5.48. The Kier molecular flexibility index (Phi) is 5.37. The van der Waals surface area contributed by atoms with Gasteiger partial charge in [-0.25, -0.2) is 0 Å². The van der Waals surface area contributed by atoms with Gasteiger partial charge >= 0.3 is 0 Å². The second-order valence-corrected chi connectivity index (χ2v) is 6.52. The Labute approximate surface area is 152 Å². The van der Waals surface area contributed by atoms with E-state index >= 15 is 0 Å². The molecule has 0 unspecified atom stereocenters. The fourth-order valence-corrected chi connectivity index (χ4v) is 2.83. The van der Waals surface area contributed by atoms with Crippen LogP contribution in [0.2, 0.25) is 0 Å². The zero-order chi connectivity index (χ0) is 18.4. The van der Waals surface area contributed by atoms with E-state index in [0.717, 1.165) is 18.4 Å². The van der Waals surface area contributed by atoms with Gasteiger partial charge in [-0.2, -0.15) is 0 Å². The van der Waals surface area contributed by atoms with Crippen molar-refractivity contribution in [2.75, 3.05) is 13.2 Å². The third-order valence-corrected chi connectivity index (χ3v) is 4.53. The van der Waals surface area contributed by atoms with Crippen LogP contribution in [0.25, 0.3) is 6.08 Å². The maximum absolute atomic E-state index is 12.1. The number of nitrogens with one attached hydrogen (secondary N) is 1. The van der Waals surface area contributed by atoms with Gasteiger partial charge in [-0.1, -0.05) is 42.5 Å². The van der Waals surface area contributed by atoms with E-state index in [1.54, 1.807) is 18.2 Å². The molecule has 0 atom stereocenters. The van der Waals surface area contributed by atoms with E-state index in [9.17, 15) is 9.59 Å². The van der Waals surface area contributed by atoms with Crippen LogP contribution in [0.4, 0.5) is 0 Å². The van der Waals surface area contributed by atoms with Crippen molar-refractivity contribution in [3.05, 3.63) is 71.8 Å². The van der Waals surface area contributed by atoms with Crippen molar-refractivity contribution in [1.29, 1.82) is 0 Å². The molecule has 26 heavy (non-hydrogen) atoms. The number of ether oxygens (including phenoxy) is 1. The van der Waals surface area contributed by atoms with Crippen molar-refractivity contribution in [2.45, 2.75) is 18.3 Å². The average Bonchev–Trinajstić information content (AvgIpc) is 3.46. The first-order valence-electron chi connectivity index (χ1n) is 8.60. The summed E-state index contributed by atoms with van der Waals surface area (Å²) in [5.41, 5.74) is 7.29. The molecule has 0 aliphatic heterocycles. The highest BCUT2D eigenvalue weighted by molar-refractivity contribution is 5.91. The second kappa shape index (κ2) is 7.87. The van der Waals surface area contributed by atoms with Gasteiger partial charge in [-0.3, -0.25) is 9.59 Å². The van der Waals surface area contributed by atoms with Crippen LogP contribution >= 0.6 is 0 Å². The topological polar surface area (TPSA) is 81.4 Å². The summed E-state index contributed by atoms with van der Waals surface area (Å²) in [4.78, 5) is 22.8. The summed E-state index contributed by atoms with van der Waals surface area (Å²) in [5.74, 6) is -0.0696. The summed E-state index contributed by atoms with van der Waals surface area (Å²) in [6, 6.07) is 17.4. The van der Waals surface area contributed by atoms with E-state index in [2.05, 4.69) is 17.4 Å². The number of hydrogen-bond donors (Lipinski definition) is 2. The standard InChI is InChI=1S/C21H22N2O3/c22-19(24)14-26-18-9-6-16(7-10-18)8-11-20(25)23-15-21(12-13-21)17-4-2-1-3-5-17/h1-11H,12-15H2,(H2,22,24)(H,23,25)/b11-8+. The number of carbonyl (C=O) groups excluding carboxylic acids is 2. The van der Waals surface area contributed by atoms with Crippen LogP contribution in [0.15, 0.2) is 60.7 Å². The maximum atomic E-state index is 12.1. The van der Waals surface area contributed by atoms with Crippen molar-refractivity contribution < 1.29 is 14.3 Å². The van der Waals surface area contributed by atoms with Crippen LogP contribution in [-0.2, 0) is 15.0 Å². The molecule has 5 heteroatoms. The van der Waals surface area contributed by atoms with E-state index in [1.807, 2.05) is 30.3 Å². The van der Waals surface area contributed by atoms with Gasteiger partial charge in [0.15, 0.2) is 6.61 Å². The Morgan fingerprint density at radius 1 is 1.08 bits per heavy atom. The molecule has 0 heterocycles. The lowest BCUT2D eigenvalue weighted by Crippen LogP contribution is -2.30. The lowest BCUT2D eigenvalue weighted by molar-refractivity contribution is -0.120. The van der Waals surface area contributed by atoms with Crippen molar-refractivity contribution in [3.8, 4) is 5.75 Å². The Hall–Kier alpha value is -3.08. The highest BCUT2D eigenvalue weighted by Gasteiger charge is 2.43. The van der Waals surface area contributed by atoms with E-state index in [-0.39, 0.29) is 17.9 Å². The molecule has 1 aliphatic carbocycles. The van der Waals surface area contributed by atoms with E-state index < -0.39 is 5.91 Å². The number of amides is 2. The Morgan fingerprint density at radius 3 is 2.38 bits per heavy atom. The third kappa shape index (κ3) is 4.72. The van der Waals surface area contributed by atoms with Crippen molar-refractivity contribution in [2.24, 2.45) is 5.73 Å². The molecule has 0 saturated heterocycles. The molecule has 0 bridgehead atoms. The molecule has 0 aromatic heterocycles. The van der Waals surface area contributed by atoms with Crippen LogP contribution in [0.5, 0.6) is 5.75 Å². The molecule has 3 rings (SSSR count). The van der Waals surface area contributed by atoms with Gasteiger partial charge in [-0.15, -0.1) is 0 Å². The van der Waals surface area contributed by atoms with Gasteiger partial charge in [0, 0.05) is 18.0 Å². The zero-order valence-corrected chi connectivity index (χ0v) is 14.5. The third-order valence-electron chi connectivity index (χ3n) is 4.53. The van der Waals surface area contributed by atoms with E-state index in [4.69, 9.17) is 10.5 Å². The fraction of sp³-hybridized carbons (Fsp3) is 0.238. The Balaban J connectivity index is 1.49. The molecule has 1 aliphatic rings. The number of benzene rings is 2. The Bertz CT molecular complexity index is 794. The fourth-order valence-electron chi connectivity index (χ4n) is 2.83. The quantitative estimate of drug-likeness (QED) is 0.718. The van der Waals surface area contributed by atoms with Crippen LogP contribution in [0.1, 0.15) is 24.0 Å². The summed E-state index contributed by atoms with van der Waals surface area (Å²) in [5, 5.41) is 3.00. The molecular weight excluding hydrogens is 328 g/mol. The van der Waals surface area contributed by atoms with Gasteiger partial charge < -0.3 is 15.8 Å². The molecule has 1 saturated carbocycles. The molecule has 134 valence electrons. The summed E-state index contributed by atoms with van der Waals surface area (Å²) in [7, 11) is 0. The predicted molar refractivity (Wildman–Crippen MR) is 101 cm³/mol. The minimum Gasteiger partial charge on any atom is -0.484 e. The van der Waals surface area contributed by atoms with Crippen LogP contribution in [-0.4, -0.2) is 25.0 Å². The van der Waals surface area contributed by atoms with Crippen LogP contribution < -0.4 is 15.8 Å². The van der Waals surface area contributed by atoms with Crippen molar-refractivity contribution >= 4 is 17.9 Å². The molecule has 3 N–H and O–H groups in total. The molecule has 1 fully saturated rings. The van der Waals surface area contributed by atoms with Gasteiger partial charge in [0.25, 0.3) is 5.91 Å². The molecule has 2 aromatic rings. The first-order valence-corrected chi connectivity index (χ1v) is 8.60. The monoisotopic (exact) mass is 350 g/mol. The normalized spacial score (nSPS) is 14.8. The lowest BCUT2D eigenvalue weighted by Gasteiger charge is -2.15. The first kappa shape index (κ1) is 17.7. The number of nitrogens with two attached hydrogens (primary N) is 1. The largest absolute Gasteiger partial charge is 0.484 e. The minimum atomic E-state index is -0.519. The molecule has 0 spiro atoms. The van der Waals surface area contributed by atoms with E-state index in [0.29, 0.717) is 12.3 Å². The number of rotatable bonds is 8. The molecule has 5 nitrogen and oxygen atoms in total. The second-order valence-electron chi connectivity index (χ2n) is 6.52. The van der Waals surface area contributed by atoms with Gasteiger partial charge in [0.2, 0.25) is 5.91 Å². The van der Waals surface area contributed by atoms with Crippen molar-refractivity contribution in [1.82, 2.24) is 5.32 Å². The summed E-state index contributed by atoms with van der Waals surface area (Å²) >= 11 is 0. The summed E-state index contributed by atoms with van der Waals surface area (Å²) in [6.45, 7) is 0.501. The lowest BCUT2D eigenvalue weighted by atomic mass is 9.96. The van der Waals surface area contributed by atoms with Crippen LogP contribution in [0.3, 0.4) is 0 Å². The molecule has 2 aromatic carbocycles. The van der Waals surface area contributed by atoms with Crippen LogP contribution in [0, 0.1) is 0 Å². The van der Waals surface area contributed by atoms with E-state index in [1.165, 1.54) is 11.6 Å². The Morgan fingerprint density at radius 2 is 1.77 bits per heavy atom. The molecular formula is C21H22N2O3. The first-order chi connectivity index (χ1) is 12.6. The molecule has 0 radical (unpaired) electrons. The smallest absolute Gasteiger partial charge is 0.255 e. The average molecular weight is 350 g/mol. The predicted octanol–water partition coefficient (Wildman–Crippen LogP) is 2.41. The zero-order valence-electron chi connectivity index (χ0n) is 14.5. The van der Waals surface area contributed by atoms with Gasteiger partial charge in [0.1, 0.15) is 5.75 Å². The SMILES string of the molecule is NC(=O)COc1ccc(/C=C/C(=O)NCC2(c3ccccc3)CC2)cc1. The maximum Gasteiger partial charge on any atom is 0.255 e. The highest BCUT2D eigenvalue weighted by atomic mass is 16.5. The summed E-state index contributed by atoms with van der Waals surface area (Å²) < 4.78 is 5.20. The highest BCUT2D eigenvalue weighted by Crippen LogP contribution is 2.47. The number of primary amides is 1. The van der Waals surface area contributed by atoms with Gasteiger partial charge in [-0.05, 0) is 42.2 Å². The number of carbonyl (C=O) groups is 2. The minimum absolute atomic E-state index is 0.101. The van der Waals surface area contributed by atoms with Crippen molar-refractivity contribution in [3.63, 3.8) is 0 Å². The van der Waals surface area contributed by atoms with Gasteiger partial charge in [0.05, 0.1) is 0 Å².